The summed E-state index contributed by atoms with van der Waals surface area (Å²) in [5, 5.41) is 0.959. The minimum absolute atomic E-state index is 0.345. The molecule has 2 aliphatic rings. The first kappa shape index (κ1) is 7.53. The number of allylic oxidation sites excluding steroid dienone is 2. The third-order valence-electron chi connectivity index (χ3n) is 2.83. The van der Waals surface area contributed by atoms with Gasteiger partial charge in [0.1, 0.15) is 5.78 Å². The quantitative estimate of drug-likeness (QED) is 0.509. The van der Waals surface area contributed by atoms with Gasteiger partial charge in [-0.1, -0.05) is 28.1 Å². The topological polar surface area (TPSA) is 17.1 Å². The van der Waals surface area contributed by atoms with Crippen LogP contribution in [0.1, 0.15) is 12.8 Å². The number of fused-ring (bicyclic) bond motifs is 1. The molecule has 0 saturated heterocycles. The molecule has 0 aliphatic heterocycles. The Kier molecular flexibility index (Phi) is 1.88. The van der Waals surface area contributed by atoms with Crippen LogP contribution in [-0.2, 0) is 4.79 Å². The van der Waals surface area contributed by atoms with Crippen molar-refractivity contribution in [2.24, 2.45) is 17.8 Å². The molecule has 3 unspecified atom stereocenters. The largest absolute Gasteiger partial charge is 0.299 e. The summed E-state index contributed by atoms with van der Waals surface area (Å²) in [6.07, 6.45) is 6.40. The fourth-order valence-corrected chi connectivity index (χ4v) is 2.69. The van der Waals surface area contributed by atoms with Crippen molar-refractivity contribution in [3.05, 3.63) is 12.2 Å². The molecule has 0 heterocycles. The van der Waals surface area contributed by atoms with E-state index >= 15 is 0 Å². The molecule has 2 aliphatic carbocycles. The summed E-state index contributed by atoms with van der Waals surface area (Å²) >= 11 is 3.37. The van der Waals surface area contributed by atoms with E-state index < -0.39 is 0 Å². The maximum Gasteiger partial charge on any atom is 0.140 e. The number of rotatable bonds is 2. The lowest BCUT2D eigenvalue weighted by Gasteiger charge is -2.37. The summed E-state index contributed by atoms with van der Waals surface area (Å²) in [6.45, 7) is 0. The van der Waals surface area contributed by atoms with Crippen molar-refractivity contribution in [1.82, 2.24) is 0 Å². The maximum atomic E-state index is 11.4. The van der Waals surface area contributed by atoms with E-state index in [0.29, 0.717) is 23.5 Å². The van der Waals surface area contributed by atoms with E-state index in [4.69, 9.17) is 0 Å². The molecule has 0 amide bonds. The monoisotopic (exact) mass is 214 g/mol. The number of hydrogen-bond donors (Lipinski definition) is 0. The van der Waals surface area contributed by atoms with Crippen molar-refractivity contribution in [3.8, 4) is 0 Å². The summed E-state index contributed by atoms with van der Waals surface area (Å²) in [5.74, 6) is 1.82. The molecule has 2 heteroatoms. The van der Waals surface area contributed by atoms with Crippen molar-refractivity contribution in [2.45, 2.75) is 12.8 Å². The first-order valence-corrected chi connectivity index (χ1v) is 5.23. The third-order valence-corrected chi connectivity index (χ3v) is 3.29. The van der Waals surface area contributed by atoms with Crippen LogP contribution in [0.15, 0.2) is 12.2 Å². The van der Waals surface area contributed by atoms with Crippen LogP contribution in [0, 0.1) is 17.8 Å². The van der Waals surface area contributed by atoms with E-state index in [9.17, 15) is 4.79 Å². The van der Waals surface area contributed by atoms with E-state index in [1.807, 2.05) is 0 Å². The summed E-state index contributed by atoms with van der Waals surface area (Å²) in [7, 11) is 0. The molecule has 0 aromatic rings. The van der Waals surface area contributed by atoms with Gasteiger partial charge in [0.15, 0.2) is 0 Å². The van der Waals surface area contributed by atoms with Gasteiger partial charge in [-0.15, -0.1) is 0 Å². The lowest BCUT2D eigenvalue weighted by atomic mass is 9.64. The second kappa shape index (κ2) is 2.74. The van der Waals surface area contributed by atoms with Crippen LogP contribution in [0.5, 0.6) is 0 Å². The molecule has 2 rings (SSSR count). The Morgan fingerprint density at radius 1 is 1.64 bits per heavy atom. The van der Waals surface area contributed by atoms with E-state index in [-0.39, 0.29) is 0 Å². The van der Waals surface area contributed by atoms with Gasteiger partial charge < -0.3 is 0 Å². The number of ketones is 1. The molecule has 1 saturated carbocycles. The normalized spacial score (nSPS) is 40.5. The molecular weight excluding hydrogens is 204 g/mol. The molecule has 0 N–H and O–H groups in total. The zero-order valence-corrected chi connectivity index (χ0v) is 7.88. The minimum Gasteiger partial charge on any atom is -0.299 e. The Balaban J connectivity index is 2.02. The van der Waals surface area contributed by atoms with Gasteiger partial charge in [0.05, 0.1) is 0 Å². The lowest BCUT2D eigenvalue weighted by molar-refractivity contribution is -0.139. The lowest BCUT2D eigenvalue weighted by Crippen LogP contribution is -2.44. The van der Waals surface area contributed by atoms with Gasteiger partial charge in [-0.3, -0.25) is 4.79 Å². The highest BCUT2D eigenvalue weighted by Crippen LogP contribution is 2.45. The number of alkyl halides is 1. The molecule has 3 atom stereocenters. The van der Waals surface area contributed by atoms with Gasteiger partial charge >= 0.3 is 0 Å². The standard InChI is InChI=1S/C9H11BrO/c10-5-4-8-6-2-1-3-7(6)9(8)11/h1-2,6-8H,3-5H2. The van der Waals surface area contributed by atoms with Crippen LogP contribution >= 0.6 is 15.9 Å². The van der Waals surface area contributed by atoms with Crippen molar-refractivity contribution in [2.75, 3.05) is 5.33 Å². The van der Waals surface area contributed by atoms with Crippen LogP contribution in [0.25, 0.3) is 0 Å². The molecule has 1 fully saturated rings. The minimum atomic E-state index is 0.345. The number of carbonyl (C=O) groups is 1. The Labute approximate surface area is 75.0 Å². The van der Waals surface area contributed by atoms with E-state index in [0.717, 1.165) is 18.2 Å². The summed E-state index contributed by atoms with van der Waals surface area (Å²) in [4.78, 5) is 11.4. The zero-order chi connectivity index (χ0) is 7.84. The third kappa shape index (κ3) is 0.994. The second-order valence-corrected chi connectivity index (χ2v) is 4.13. The van der Waals surface area contributed by atoms with Gasteiger partial charge in [0.2, 0.25) is 0 Å². The van der Waals surface area contributed by atoms with Crippen molar-refractivity contribution >= 4 is 21.7 Å². The Bertz CT molecular complexity index is 210. The molecule has 0 spiro atoms. The van der Waals surface area contributed by atoms with E-state index in [1.165, 1.54) is 0 Å². The molecule has 1 nitrogen and oxygen atoms in total. The fourth-order valence-electron chi connectivity index (χ4n) is 2.19. The molecule has 0 aromatic heterocycles. The van der Waals surface area contributed by atoms with Crippen LogP contribution in [-0.4, -0.2) is 11.1 Å². The average Bonchev–Trinajstić information content (AvgIpc) is 2.44. The summed E-state index contributed by atoms with van der Waals surface area (Å²) < 4.78 is 0. The maximum absolute atomic E-state index is 11.4. The highest BCUT2D eigenvalue weighted by Gasteiger charge is 2.48. The van der Waals surface area contributed by atoms with Crippen molar-refractivity contribution < 1.29 is 4.79 Å². The van der Waals surface area contributed by atoms with Gasteiger partial charge in [-0.2, -0.15) is 0 Å². The highest BCUT2D eigenvalue weighted by molar-refractivity contribution is 9.09. The van der Waals surface area contributed by atoms with Crippen molar-refractivity contribution in [1.29, 1.82) is 0 Å². The highest BCUT2D eigenvalue weighted by atomic mass is 79.9. The SMILES string of the molecule is O=C1C2CC=CC2C1CCBr. The second-order valence-electron chi connectivity index (χ2n) is 3.33. The van der Waals surface area contributed by atoms with Crippen LogP contribution in [0.3, 0.4) is 0 Å². The molecule has 11 heavy (non-hydrogen) atoms. The van der Waals surface area contributed by atoms with Gasteiger partial charge in [-0.25, -0.2) is 0 Å². The smallest absolute Gasteiger partial charge is 0.140 e. The first-order chi connectivity index (χ1) is 5.34. The van der Waals surface area contributed by atoms with E-state index in [1.54, 1.807) is 0 Å². The molecule has 60 valence electrons. The van der Waals surface area contributed by atoms with Crippen LogP contribution < -0.4 is 0 Å². The number of halogens is 1. The summed E-state index contributed by atoms with van der Waals surface area (Å²) in [6, 6.07) is 0. The Morgan fingerprint density at radius 3 is 3.18 bits per heavy atom. The predicted molar refractivity (Wildman–Crippen MR) is 47.6 cm³/mol. The molecule has 0 aromatic carbocycles. The van der Waals surface area contributed by atoms with E-state index in [2.05, 4.69) is 28.1 Å². The fraction of sp³-hybridized carbons (Fsp3) is 0.667. The van der Waals surface area contributed by atoms with Gasteiger partial charge in [0, 0.05) is 17.2 Å². The Morgan fingerprint density at radius 2 is 2.45 bits per heavy atom. The Hall–Kier alpha value is -0.110. The number of carbonyl (C=O) groups excluding carboxylic acids is 1. The van der Waals surface area contributed by atoms with Crippen LogP contribution in [0.2, 0.25) is 0 Å². The average molecular weight is 215 g/mol. The predicted octanol–water partition coefficient (Wildman–Crippen LogP) is 2.16. The zero-order valence-electron chi connectivity index (χ0n) is 6.29. The van der Waals surface area contributed by atoms with Gasteiger partial charge in [0.25, 0.3) is 0 Å². The molecular formula is C9H11BrO. The van der Waals surface area contributed by atoms with Crippen molar-refractivity contribution in [3.63, 3.8) is 0 Å². The number of hydrogen-bond acceptors (Lipinski definition) is 1. The summed E-state index contributed by atoms with van der Waals surface area (Å²) in [5.41, 5.74) is 0. The van der Waals surface area contributed by atoms with Crippen LogP contribution in [0.4, 0.5) is 0 Å². The molecule has 0 radical (unpaired) electrons. The molecule has 0 bridgehead atoms. The van der Waals surface area contributed by atoms with Gasteiger partial charge in [-0.05, 0) is 18.8 Å². The number of Topliss-reactive ketones (excluding diaryl/α,β-unsaturated/α-hetero) is 1. The first-order valence-electron chi connectivity index (χ1n) is 4.11.